The molecule has 3 aromatic rings. The minimum Gasteiger partial charge on any atom is -0.378 e. The van der Waals surface area contributed by atoms with Gasteiger partial charge in [0.1, 0.15) is 5.82 Å². The van der Waals surface area contributed by atoms with Gasteiger partial charge < -0.3 is 19.9 Å². The summed E-state index contributed by atoms with van der Waals surface area (Å²) >= 11 is 0. The summed E-state index contributed by atoms with van der Waals surface area (Å²) < 4.78 is 5.52. The molecule has 3 heterocycles. The Bertz CT molecular complexity index is 1140. The zero-order chi connectivity index (χ0) is 22.6. The predicted octanol–water partition coefficient (Wildman–Crippen LogP) is 4.82. The van der Waals surface area contributed by atoms with E-state index in [1.807, 2.05) is 0 Å². The summed E-state index contributed by atoms with van der Waals surface area (Å²) in [6, 6.07) is 20.2. The number of hydrogen-bond donors (Lipinski definition) is 1. The second-order valence-corrected chi connectivity index (χ2v) is 9.07. The van der Waals surface area contributed by atoms with E-state index >= 15 is 0 Å². The van der Waals surface area contributed by atoms with Gasteiger partial charge in [-0.1, -0.05) is 43.3 Å². The molecule has 5 heteroatoms. The van der Waals surface area contributed by atoms with Crippen molar-refractivity contribution in [3.63, 3.8) is 0 Å². The minimum atomic E-state index is 0.517. The Morgan fingerprint density at radius 1 is 1.06 bits per heavy atom. The van der Waals surface area contributed by atoms with Gasteiger partial charge in [0.25, 0.3) is 0 Å². The van der Waals surface area contributed by atoms with E-state index in [4.69, 9.17) is 9.72 Å². The molecular weight excluding hydrogens is 408 g/mol. The molecule has 5 nitrogen and oxygen atoms in total. The maximum absolute atomic E-state index is 5.52. The first kappa shape index (κ1) is 21.9. The van der Waals surface area contributed by atoms with Crippen LogP contribution in [0, 0.1) is 0 Å². The number of piperazine rings is 1. The Labute approximate surface area is 197 Å². The number of morpholine rings is 1. The van der Waals surface area contributed by atoms with Gasteiger partial charge in [-0.05, 0) is 54.1 Å². The fourth-order valence-corrected chi connectivity index (χ4v) is 4.88. The van der Waals surface area contributed by atoms with Crippen LogP contribution in [-0.2, 0) is 4.74 Å². The average Bonchev–Trinajstić information content (AvgIpc) is 2.89. The standard InChI is InChI=1S/C28H34N4O/c1-3-24-20-32(12-11-29-24)28-27-10-5-4-7-23(27)18-25(30-28)17-21(2)22-8-6-9-26(19-22)31-13-15-33-16-14-31/h4-10,17-19,24,29H,3,11-16,20H2,1-2H3. The van der Waals surface area contributed by atoms with Crippen molar-refractivity contribution < 1.29 is 4.74 Å². The summed E-state index contributed by atoms with van der Waals surface area (Å²) in [4.78, 5) is 10.0. The number of aromatic nitrogens is 1. The summed E-state index contributed by atoms with van der Waals surface area (Å²) in [5.41, 5.74) is 4.75. The highest BCUT2D eigenvalue weighted by Crippen LogP contribution is 2.29. The summed E-state index contributed by atoms with van der Waals surface area (Å²) in [7, 11) is 0. The van der Waals surface area contributed by atoms with Crippen LogP contribution in [0.4, 0.5) is 11.5 Å². The van der Waals surface area contributed by atoms with Crippen molar-refractivity contribution in [1.82, 2.24) is 10.3 Å². The lowest BCUT2D eigenvalue weighted by Gasteiger charge is -2.34. The van der Waals surface area contributed by atoms with Crippen LogP contribution >= 0.6 is 0 Å². The molecule has 2 saturated heterocycles. The van der Waals surface area contributed by atoms with E-state index in [1.165, 1.54) is 27.6 Å². The van der Waals surface area contributed by atoms with Gasteiger partial charge in [0.15, 0.2) is 0 Å². The summed E-state index contributed by atoms with van der Waals surface area (Å²) in [6.07, 6.45) is 3.36. The molecular formula is C28H34N4O. The van der Waals surface area contributed by atoms with Crippen LogP contribution in [0.2, 0.25) is 0 Å². The van der Waals surface area contributed by atoms with Crippen molar-refractivity contribution in [3.05, 3.63) is 65.9 Å². The number of fused-ring (bicyclic) bond motifs is 1. The maximum Gasteiger partial charge on any atom is 0.137 e. The van der Waals surface area contributed by atoms with E-state index in [-0.39, 0.29) is 0 Å². The van der Waals surface area contributed by atoms with E-state index in [2.05, 4.69) is 89.6 Å². The molecule has 0 radical (unpaired) electrons. The molecule has 0 bridgehead atoms. The van der Waals surface area contributed by atoms with E-state index in [0.717, 1.165) is 63.9 Å². The van der Waals surface area contributed by atoms with Crippen molar-refractivity contribution in [2.75, 3.05) is 55.7 Å². The Morgan fingerprint density at radius 3 is 2.76 bits per heavy atom. The second kappa shape index (κ2) is 9.94. The molecule has 0 spiro atoms. The van der Waals surface area contributed by atoms with E-state index in [1.54, 1.807) is 0 Å². The maximum atomic E-state index is 5.52. The van der Waals surface area contributed by atoms with Crippen LogP contribution in [-0.4, -0.2) is 57.0 Å². The van der Waals surface area contributed by atoms with Crippen molar-refractivity contribution in [1.29, 1.82) is 0 Å². The summed E-state index contributed by atoms with van der Waals surface area (Å²) in [5.74, 6) is 1.11. The van der Waals surface area contributed by atoms with E-state index < -0.39 is 0 Å². The number of nitrogens with zero attached hydrogens (tertiary/aromatic N) is 3. The molecule has 0 aliphatic carbocycles. The van der Waals surface area contributed by atoms with E-state index in [9.17, 15) is 0 Å². The molecule has 1 N–H and O–H groups in total. The normalized spacial score (nSPS) is 19.8. The molecule has 2 aliphatic rings. The molecule has 2 fully saturated rings. The van der Waals surface area contributed by atoms with Gasteiger partial charge >= 0.3 is 0 Å². The Hall–Kier alpha value is -2.89. The molecule has 0 amide bonds. The SMILES string of the molecule is CCC1CN(c2nc(C=C(C)c3cccc(N4CCOCC4)c3)cc3ccccc23)CCN1. The Morgan fingerprint density at radius 2 is 1.91 bits per heavy atom. The van der Waals surface area contributed by atoms with Gasteiger partial charge in [-0.25, -0.2) is 4.98 Å². The van der Waals surface area contributed by atoms with Crippen LogP contribution < -0.4 is 15.1 Å². The fraction of sp³-hybridized carbons (Fsp3) is 0.393. The molecule has 172 valence electrons. The van der Waals surface area contributed by atoms with Crippen LogP contribution in [0.5, 0.6) is 0 Å². The lowest BCUT2D eigenvalue weighted by Crippen LogP contribution is -2.50. The van der Waals surface area contributed by atoms with Gasteiger partial charge in [0, 0.05) is 49.8 Å². The third-order valence-corrected chi connectivity index (χ3v) is 6.83. The number of rotatable bonds is 5. The first-order chi connectivity index (χ1) is 16.2. The molecule has 1 atom stereocenters. The Kier molecular flexibility index (Phi) is 6.60. The zero-order valence-corrected chi connectivity index (χ0v) is 19.8. The molecule has 5 rings (SSSR count). The van der Waals surface area contributed by atoms with E-state index in [0.29, 0.717) is 6.04 Å². The topological polar surface area (TPSA) is 40.6 Å². The molecule has 0 saturated carbocycles. The van der Waals surface area contributed by atoms with Crippen LogP contribution in [0.25, 0.3) is 22.4 Å². The van der Waals surface area contributed by atoms with Crippen molar-refractivity contribution >= 4 is 33.9 Å². The summed E-state index contributed by atoms with van der Waals surface area (Å²) in [6.45, 7) is 10.9. The van der Waals surface area contributed by atoms with Gasteiger partial charge in [-0.3, -0.25) is 0 Å². The lowest BCUT2D eigenvalue weighted by atomic mass is 10.0. The Balaban J connectivity index is 1.48. The number of pyridine rings is 1. The average molecular weight is 443 g/mol. The van der Waals surface area contributed by atoms with Gasteiger partial charge in [-0.15, -0.1) is 0 Å². The van der Waals surface area contributed by atoms with Gasteiger partial charge in [0.05, 0.1) is 18.9 Å². The monoisotopic (exact) mass is 442 g/mol. The summed E-state index contributed by atoms with van der Waals surface area (Å²) in [5, 5.41) is 6.10. The van der Waals surface area contributed by atoms with Gasteiger partial charge in [0.2, 0.25) is 0 Å². The quantitative estimate of drug-likeness (QED) is 0.614. The zero-order valence-electron chi connectivity index (χ0n) is 19.8. The largest absolute Gasteiger partial charge is 0.378 e. The first-order valence-electron chi connectivity index (χ1n) is 12.2. The van der Waals surface area contributed by atoms with Gasteiger partial charge in [-0.2, -0.15) is 0 Å². The number of allylic oxidation sites excluding steroid dienone is 1. The van der Waals surface area contributed by atoms with Crippen LogP contribution in [0.15, 0.2) is 54.6 Å². The molecule has 1 unspecified atom stereocenters. The predicted molar refractivity (Wildman–Crippen MR) is 139 cm³/mol. The number of hydrogen-bond acceptors (Lipinski definition) is 5. The number of nitrogens with one attached hydrogen (secondary N) is 1. The van der Waals surface area contributed by atoms with Crippen LogP contribution in [0.3, 0.4) is 0 Å². The highest BCUT2D eigenvalue weighted by Gasteiger charge is 2.21. The molecule has 2 aromatic carbocycles. The highest BCUT2D eigenvalue weighted by atomic mass is 16.5. The number of anilines is 2. The fourth-order valence-electron chi connectivity index (χ4n) is 4.88. The number of ether oxygens (including phenoxy) is 1. The van der Waals surface area contributed by atoms with Crippen molar-refractivity contribution in [3.8, 4) is 0 Å². The highest BCUT2D eigenvalue weighted by molar-refractivity contribution is 5.94. The van der Waals surface area contributed by atoms with Crippen LogP contribution in [0.1, 0.15) is 31.5 Å². The first-order valence-corrected chi connectivity index (χ1v) is 12.2. The minimum absolute atomic E-state index is 0.517. The van der Waals surface area contributed by atoms with Crippen molar-refractivity contribution in [2.45, 2.75) is 26.3 Å². The number of benzene rings is 2. The van der Waals surface area contributed by atoms with Crippen molar-refractivity contribution in [2.24, 2.45) is 0 Å². The lowest BCUT2D eigenvalue weighted by molar-refractivity contribution is 0.122. The smallest absolute Gasteiger partial charge is 0.137 e. The molecule has 1 aromatic heterocycles. The third kappa shape index (κ3) is 4.90. The molecule has 33 heavy (non-hydrogen) atoms. The molecule has 2 aliphatic heterocycles. The third-order valence-electron chi connectivity index (χ3n) is 6.83. The second-order valence-electron chi connectivity index (χ2n) is 9.07.